The van der Waals surface area contributed by atoms with E-state index in [2.05, 4.69) is 5.92 Å². The zero-order valence-electron chi connectivity index (χ0n) is 9.89. The number of carboxylic acids is 1. The molecule has 2 unspecified atom stereocenters. The number of carboxylic acid groups (broad SMARTS) is 1. The normalized spacial score (nSPS) is 23.4. The van der Waals surface area contributed by atoms with Gasteiger partial charge in [0.25, 0.3) is 0 Å². The molecule has 1 N–H and O–H groups in total. The fraction of sp³-hybridized carbons (Fsp3) is 0.667. The molecular formula is C12H17NO3S. The minimum Gasteiger partial charge on any atom is -0.480 e. The number of aliphatic carboxylic acids is 1. The third-order valence-corrected chi connectivity index (χ3v) is 3.98. The summed E-state index contributed by atoms with van der Waals surface area (Å²) in [5.74, 6) is 2.01. The monoisotopic (exact) mass is 255 g/mol. The third-order valence-electron chi connectivity index (χ3n) is 2.76. The van der Waals surface area contributed by atoms with Crippen molar-refractivity contribution in [2.24, 2.45) is 0 Å². The first-order valence-electron chi connectivity index (χ1n) is 5.67. The Morgan fingerprint density at radius 1 is 1.53 bits per heavy atom. The second-order valence-electron chi connectivity index (χ2n) is 4.00. The van der Waals surface area contributed by atoms with E-state index >= 15 is 0 Å². The molecule has 1 heterocycles. The summed E-state index contributed by atoms with van der Waals surface area (Å²) in [5.41, 5.74) is 0. The second-order valence-corrected chi connectivity index (χ2v) is 5.35. The minimum absolute atomic E-state index is 0.0452. The van der Waals surface area contributed by atoms with Crippen LogP contribution in [0.3, 0.4) is 0 Å². The maximum absolute atomic E-state index is 11.9. The number of nitrogens with zero attached hydrogens (tertiary/aromatic N) is 1. The summed E-state index contributed by atoms with van der Waals surface area (Å²) in [4.78, 5) is 24.4. The van der Waals surface area contributed by atoms with Crippen LogP contribution in [-0.4, -0.2) is 39.1 Å². The summed E-state index contributed by atoms with van der Waals surface area (Å²) in [7, 11) is 0. The molecule has 4 nitrogen and oxygen atoms in total. The summed E-state index contributed by atoms with van der Waals surface area (Å²) in [6, 6.07) is -0.671. The maximum atomic E-state index is 11.9. The molecule has 0 radical (unpaired) electrons. The van der Waals surface area contributed by atoms with E-state index in [1.54, 1.807) is 0 Å². The first kappa shape index (κ1) is 13.9. The van der Waals surface area contributed by atoms with E-state index in [9.17, 15) is 9.59 Å². The van der Waals surface area contributed by atoms with Crippen LogP contribution in [0, 0.1) is 12.3 Å². The van der Waals surface area contributed by atoms with Gasteiger partial charge in [-0.3, -0.25) is 4.79 Å². The first-order chi connectivity index (χ1) is 8.07. The number of hydrogen-bond acceptors (Lipinski definition) is 3. The standard InChI is InChI=1S/C12H17NO3S/c1-3-4-5-6-7-11(14)13-9(2)17-8-10(13)12(15)16/h1,9-10H,4-8H2,2H3,(H,15,16). The van der Waals surface area contributed by atoms with E-state index in [1.807, 2.05) is 6.92 Å². The Hall–Kier alpha value is -1.15. The number of carbonyl (C=O) groups excluding carboxylic acids is 1. The lowest BCUT2D eigenvalue weighted by Crippen LogP contribution is -2.44. The van der Waals surface area contributed by atoms with Gasteiger partial charge in [-0.2, -0.15) is 0 Å². The van der Waals surface area contributed by atoms with Crippen LogP contribution in [0.4, 0.5) is 0 Å². The zero-order chi connectivity index (χ0) is 12.8. The lowest BCUT2D eigenvalue weighted by atomic mass is 10.1. The molecule has 0 aromatic rings. The quantitative estimate of drug-likeness (QED) is 0.598. The van der Waals surface area contributed by atoms with Gasteiger partial charge in [0.2, 0.25) is 5.91 Å². The highest BCUT2D eigenvalue weighted by Crippen LogP contribution is 2.29. The maximum Gasteiger partial charge on any atom is 0.327 e. The highest BCUT2D eigenvalue weighted by atomic mass is 32.2. The van der Waals surface area contributed by atoms with Crippen molar-refractivity contribution < 1.29 is 14.7 Å². The number of amides is 1. The van der Waals surface area contributed by atoms with Crippen molar-refractivity contribution in [2.45, 2.75) is 44.0 Å². The van der Waals surface area contributed by atoms with Crippen LogP contribution in [-0.2, 0) is 9.59 Å². The summed E-state index contributed by atoms with van der Waals surface area (Å²) in [6.07, 6.45) is 7.72. The van der Waals surface area contributed by atoms with Crippen LogP contribution < -0.4 is 0 Å². The molecule has 1 amide bonds. The van der Waals surface area contributed by atoms with Crippen molar-refractivity contribution in [1.82, 2.24) is 4.90 Å². The van der Waals surface area contributed by atoms with Crippen LogP contribution >= 0.6 is 11.8 Å². The molecule has 1 rings (SSSR count). The number of carbonyl (C=O) groups is 2. The molecule has 0 spiro atoms. The molecule has 1 saturated heterocycles. The van der Waals surface area contributed by atoms with Crippen molar-refractivity contribution >= 4 is 23.6 Å². The largest absolute Gasteiger partial charge is 0.480 e. The molecule has 0 aliphatic carbocycles. The number of rotatable bonds is 5. The highest BCUT2D eigenvalue weighted by molar-refractivity contribution is 8.00. The van der Waals surface area contributed by atoms with Crippen molar-refractivity contribution in [3.63, 3.8) is 0 Å². The Kier molecular flexibility index (Phi) is 5.36. The molecular weight excluding hydrogens is 238 g/mol. The molecule has 0 bridgehead atoms. The van der Waals surface area contributed by atoms with Gasteiger partial charge in [0.1, 0.15) is 6.04 Å². The number of terminal acetylenes is 1. The Morgan fingerprint density at radius 2 is 2.24 bits per heavy atom. The highest BCUT2D eigenvalue weighted by Gasteiger charge is 2.38. The van der Waals surface area contributed by atoms with Crippen LogP contribution in [0.5, 0.6) is 0 Å². The number of thioether (sulfide) groups is 1. The van der Waals surface area contributed by atoms with Gasteiger partial charge in [-0.1, -0.05) is 0 Å². The Morgan fingerprint density at radius 3 is 2.82 bits per heavy atom. The summed E-state index contributed by atoms with van der Waals surface area (Å²) in [6.45, 7) is 1.87. The smallest absolute Gasteiger partial charge is 0.327 e. The molecule has 2 atom stereocenters. The van der Waals surface area contributed by atoms with Crippen LogP contribution in [0.15, 0.2) is 0 Å². The van der Waals surface area contributed by atoms with Crippen LogP contribution in [0.2, 0.25) is 0 Å². The van der Waals surface area contributed by atoms with Crippen molar-refractivity contribution in [2.75, 3.05) is 5.75 Å². The van der Waals surface area contributed by atoms with E-state index < -0.39 is 12.0 Å². The lowest BCUT2D eigenvalue weighted by Gasteiger charge is -2.24. The predicted octanol–water partition coefficient (Wildman–Crippen LogP) is 1.55. The van der Waals surface area contributed by atoms with Gasteiger partial charge in [-0.15, -0.1) is 24.1 Å². The van der Waals surface area contributed by atoms with Gasteiger partial charge in [0.15, 0.2) is 0 Å². The van der Waals surface area contributed by atoms with Crippen molar-refractivity contribution in [1.29, 1.82) is 0 Å². The minimum atomic E-state index is -0.918. The predicted molar refractivity (Wildman–Crippen MR) is 67.5 cm³/mol. The Balaban J connectivity index is 2.48. The molecule has 1 aliphatic rings. The summed E-state index contributed by atoms with van der Waals surface area (Å²) < 4.78 is 0. The Labute approximate surface area is 106 Å². The SMILES string of the molecule is C#CCCCCC(=O)N1C(C)SCC1C(=O)O. The van der Waals surface area contributed by atoms with E-state index in [1.165, 1.54) is 16.7 Å². The van der Waals surface area contributed by atoms with E-state index in [0.29, 0.717) is 18.6 Å². The third kappa shape index (κ3) is 3.67. The zero-order valence-corrected chi connectivity index (χ0v) is 10.7. The number of hydrogen-bond donors (Lipinski definition) is 1. The number of unbranched alkanes of at least 4 members (excludes halogenated alkanes) is 2. The van der Waals surface area contributed by atoms with Gasteiger partial charge in [0.05, 0.1) is 5.37 Å². The molecule has 0 saturated carbocycles. The van der Waals surface area contributed by atoms with Gasteiger partial charge in [0, 0.05) is 18.6 Å². The average molecular weight is 255 g/mol. The molecule has 1 aliphatic heterocycles. The van der Waals surface area contributed by atoms with Crippen LogP contribution in [0.1, 0.15) is 32.6 Å². The first-order valence-corrected chi connectivity index (χ1v) is 6.72. The van der Waals surface area contributed by atoms with E-state index in [4.69, 9.17) is 11.5 Å². The molecule has 94 valence electrons. The summed E-state index contributed by atoms with van der Waals surface area (Å²) >= 11 is 1.51. The fourth-order valence-corrected chi connectivity index (χ4v) is 3.03. The fourth-order valence-electron chi connectivity index (χ4n) is 1.84. The molecule has 0 aromatic carbocycles. The van der Waals surface area contributed by atoms with Crippen LogP contribution in [0.25, 0.3) is 0 Å². The molecule has 0 aromatic heterocycles. The second kappa shape index (κ2) is 6.55. The van der Waals surface area contributed by atoms with Gasteiger partial charge in [-0.25, -0.2) is 4.79 Å². The summed E-state index contributed by atoms with van der Waals surface area (Å²) in [5, 5.41) is 8.98. The topological polar surface area (TPSA) is 57.6 Å². The van der Waals surface area contributed by atoms with Crippen molar-refractivity contribution in [3.05, 3.63) is 0 Å². The molecule has 17 heavy (non-hydrogen) atoms. The Bertz CT molecular complexity index is 337. The average Bonchev–Trinajstić information content (AvgIpc) is 2.66. The van der Waals surface area contributed by atoms with Crippen molar-refractivity contribution in [3.8, 4) is 12.3 Å². The van der Waals surface area contributed by atoms with E-state index in [0.717, 1.165) is 12.8 Å². The van der Waals surface area contributed by atoms with Gasteiger partial charge < -0.3 is 10.0 Å². The van der Waals surface area contributed by atoms with E-state index in [-0.39, 0.29) is 11.3 Å². The molecule has 5 heteroatoms. The van der Waals surface area contributed by atoms with Gasteiger partial charge >= 0.3 is 5.97 Å². The molecule has 1 fully saturated rings. The lowest BCUT2D eigenvalue weighted by molar-refractivity contribution is -0.148. The van der Waals surface area contributed by atoms with Gasteiger partial charge in [-0.05, 0) is 19.8 Å².